The van der Waals surface area contributed by atoms with Gasteiger partial charge in [0.1, 0.15) is 6.10 Å². The van der Waals surface area contributed by atoms with E-state index in [1.54, 1.807) is 0 Å². The molecule has 3 atom stereocenters. The summed E-state index contributed by atoms with van der Waals surface area (Å²) in [6.45, 7) is 6.41. The van der Waals surface area contributed by atoms with Gasteiger partial charge in [0.15, 0.2) is 0 Å². The summed E-state index contributed by atoms with van der Waals surface area (Å²) in [4.78, 5) is 25.9. The number of hydrogen-bond donors (Lipinski definition) is 3. The Balaban J connectivity index is 4.56. The zero-order valence-corrected chi connectivity index (χ0v) is 38.0. The molecule has 0 saturated heterocycles. The lowest BCUT2D eigenvalue weighted by Gasteiger charge is -2.23. The molecule has 0 aliphatic heterocycles. The summed E-state index contributed by atoms with van der Waals surface area (Å²) in [5.74, 6) is -0.609. The largest absolute Gasteiger partial charge is 0.458 e. The van der Waals surface area contributed by atoms with Gasteiger partial charge in [-0.1, -0.05) is 218 Å². The standard InChI is InChI=1S/C51H95NO5/c1-4-7-10-13-16-19-22-23-24-25-26-29-31-34-37-40-43-49(54)48(46-53)52-50(55)45-47(42-39-36-33-30-27-20-17-14-11-8-5-2)57-51(56)44-41-38-35-32-28-21-18-15-12-9-6-3/h15,18,30,33,39,42,47-49,53-54H,4-14,16-17,19-29,31-32,34-38,40-41,43-46H2,1-3H3,(H,52,55)/b18-15-,33-30-,42-39+. The van der Waals surface area contributed by atoms with Crippen molar-refractivity contribution in [1.29, 1.82) is 0 Å². The minimum absolute atomic E-state index is 0.0300. The van der Waals surface area contributed by atoms with Gasteiger partial charge in [-0.3, -0.25) is 9.59 Å². The fraction of sp³-hybridized carbons (Fsp3) is 0.843. The van der Waals surface area contributed by atoms with Gasteiger partial charge in [0.2, 0.25) is 5.91 Å². The molecule has 6 heteroatoms. The lowest BCUT2D eigenvalue weighted by Crippen LogP contribution is -2.46. The minimum Gasteiger partial charge on any atom is -0.458 e. The van der Waals surface area contributed by atoms with E-state index in [2.05, 4.69) is 50.4 Å². The Bertz CT molecular complexity index is 946. The van der Waals surface area contributed by atoms with E-state index in [-0.39, 0.29) is 24.9 Å². The highest BCUT2D eigenvalue weighted by Gasteiger charge is 2.23. The Labute approximate surface area is 353 Å². The van der Waals surface area contributed by atoms with Crippen LogP contribution >= 0.6 is 0 Å². The van der Waals surface area contributed by atoms with Crippen molar-refractivity contribution in [2.24, 2.45) is 0 Å². The molecule has 0 radical (unpaired) electrons. The third-order valence-corrected chi connectivity index (χ3v) is 11.2. The van der Waals surface area contributed by atoms with Crippen LogP contribution in [0.1, 0.15) is 252 Å². The second-order valence-electron chi connectivity index (χ2n) is 16.9. The van der Waals surface area contributed by atoms with Gasteiger partial charge in [-0.2, -0.15) is 0 Å². The minimum atomic E-state index is -0.809. The van der Waals surface area contributed by atoms with E-state index >= 15 is 0 Å². The van der Waals surface area contributed by atoms with Gasteiger partial charge in [-0.05, 0) is 57.4 Å². The molecule has 0 aromatic heterocycles. The molecule has 3 unspecified atom stereocenters. The van der Waals surface area contributed by atoms with Gasteiger partial charge in [-0.15, -0.1) is 0 Å². The second kappa shape index (κ2) is 45.2. The average molecular weight is 802 g/mol. The molecule has 57 heavy (non-hydrogen) atoms. The van der Waals surface area contributed by atoms with E-state index in [1.165, 1.54) is 154 Å². The lowest BCUT2D eigenvalue weighted by atomic mass is 10.0. The number of carbonyl (C=O) groups excluding carboxylic acids is 2. The first kappa shape index (κ1) is 55.1. The molecule has 0 saturated carbocycles. The molecule has 0 spiro atoms. The average Bonchev–Trinajstić information content (AvgIpc) is 3.20. The summed E-state index contributed by atoms with van der Waals surface area (Å²) in [6.07, 6.45) is 52.4. The maximum absolute atomic E-state index is 13.1. The first-order valence-corrected chi connectivity index (χ1v) is 24.7. The summed E-state index contributed by atoms with van der Waals surface area (Å²) in [5, 5.41) is 23.7. The fourth-order valence-electron chi connectivity index (χ4n) is 7.38. The van der Waals surface area contributed by atoms with Crippen molar-refractivity contribution < 1.29 is 24.5 Å². The monoisotopic (exact) mass is 802 g/mol. The molecule has 334 valence electrons. The predicted octanol–water partition coefficient (Wildman–Crippen LogP) is 14.5. The molecular weight excluding hydrogens is 707 g/mol. The van der Waals surface area contributed by atoms with E-state index in [1.807, 2.05) is 12.2 Å². The highest BCUT2D eigenvalue weighted by Crippen LogP contribution is 2.16. The lowest BCUT2D eigenvalue weighted by molar-refractivity contribution is -0.148. The fourth-order valence-corrected chi connectivity index (χ4v) is 7.38. The Morgan fingerprint density at radius 3 is 1.44 bits per heavy atom. The first-order valence-electron chi connectivity index (χ1n) is 24.7. The van der Waals surface area contributed by atoms with E-state index < -0.39 is 18.2 Å². The number of ether oxygens (including phenoxy) is 1. The molecule has 0 aromatic rings. The van der Waals surface area contributed by atoms with Crippen LogP contribution in [0.5, 0.6) is 0 Å². The SMILES string of the molecule is CCCC/C=C\CCCCCCCC(=O)OC(/C=C/C/C=C\CCCCCCCC)CC(=O)NC(CO)C(O)CCCCCCCCCCCCCCCCCC. The number of amides is 1. The summed E-state index contributed by atoms with van der Waals surface area (Å²) < 4.78 is 5.80. The van der Waals surface area contributed by atoms with Crippen LogP contribution in [-0.2, 0) is 14.3 Å². The molecular formula is C51H95NO5. The highest BCUT2D eigenvalue weighted by molar-refractivity contribution is 5.78. The van der Waals surface area contributed by atoms with Crippen LogP contribution < -0.4 is 5.32 Å². The number of rotatable bonds is 44. The van der Waals surface area contributed by atoms with Gasteiger partial charge in [0, 0.05) is 6.42 Å². The normalized spacial score (nSPS) is 13.6. The number of hydrogen-bond acceptors (Lipinski definition) is 5. The van der Waals surface area contributed by atoms with Crippen molar-refractivity contribution in [2.45, 2.75) is 270 Å². The van der Waals surface area contributed by atoms with Crippen LogP contribution in [0.2, 0.25) is 0 Å². The van der Waals surface area contributed by atoms with Crippen molar-refractivity contribution in [3.8, 4) is 0 Å². The van der Waals surface area contributed by atoms with Crippen LogP contribution in [0.3, 0.4) is 0 Å². The van der Waals surface area contributed by atoms with E-state index in [0.29, 0.717) is 12.8 Å². The number of esters is 1. The van der Waals surface area contributed by atoms with Crippen molar-refractivity contribution >= 4 is 11.9 Å². The van der Waals surface area contributed by atoms with Gasteiger partial charge < -0.3 is 20.3 Å². The van der Waals surface area contributed by atoms with E-state index in [4.69, 9.17) is 4.74 Å². The van der Waals surface area contributed by atoms with E-state index in [0.717, 1.165) is 57.8 Å². The summed E-state index contributed by atoms with van der Waals surface area (Å²) in [7, 11) is 0. The molecule has 0 heterocycles. The molecule has 0 aliphatic carbocycles. The molecule has 0 aliphatic rings. The van der Waals surface area contributed by atoms with Crippen molar-refractivity contribution in [2.75, 3.05) is 6.61 Å². The number of aliphatic hydroxyl groups is 2. The highest BCUT2D eigenvalue weighted by atomic mass is 16.5. The third kappa shape index (κ3) is 40.6. The molecule has 0 bridgehead atoms. The molecule has 3 N–H and O–H groups in total. The van der Waals surface area contributed by atoms with Gasteiger partial charge in [0.05, 0.1) is 25.2 Å². The molecule has 1 amide bonds. The van der Waals surface area contributed by atoms with Crippen LogP contribution in [0.25, 0.3) is 0 Å². The topological polar surface area (TPSA) is 95.9 Å². The van der Waals surface area contributed by atoms with Gasteiger partial charge in [-0.25, -0.2) is 0 Å². The first-order chi connectivity index (χ1) is 28.0. The zero-order chi connectivity index (χ0) is 41.7. The molecule has 0 aromatic carbocycles. The number of carbonyl (C=O) groups is 2. The summed E-state index contributed by atoms with van der Waals surface area (Å²) in [5.41, 5.74) is 0. The third-order valence-electron chi connectivity index (χ3n) is 11.2. The van der Waals surface area contributed by atoms with Crippen molar-refractivity contribution in [3.05, 3.63) is 36.5 Å². The molecule has 6 nitrogen and oxygen atoms in total. The van der Waals surface area contributed by atoms with Gasteiger partial charge in [0.25, 0.3) is 0 Å². The Kier molecular flexibility index (Phi) is 43.6. The summed E-state index contributed by atoms with van der Waals surface area (Å²) >= 11 is 0. The summed E-state index contributed by atoms with van der Waals surface area (Å²) in [6, 6.07) is -0.731. The van der Waals surface area contributed by atoms with Crippen molar-refractivity contribution in [3.63, 3.8) is 0 Å². The quantitative estimate of drug-likeness (QED) is 0.0324. The zero-order valence-electron chi connectivity index (χ0n) is 38.0. The van der Waals surface area contributed by atoms with Crippen LogP contribution in [-0.4, -0.2) is 46.9 Å². The number of nitrogens with one attached hydrogen (secondary N) is 1. The number of aliphatic hydroxyl groups excluding tert-OH is 2. The van der Waals surface area contributed by atoms with Crippen LogP contribution in [0.4, 0.5) is 0 Å². The molecule has 0 rings (SSSR count). The number of unbranched alkanes of at least 4 members (excludes halogenated alkanes) is 28. The predicted molar refractivity (Wildman–Crippen MR) is 246 cm³/mol. The van der Waals surface area contributed by atoms with Crippen LogP contribution in [0, 0.1) is 0 Å². The van der Waals surface area contributed by atoms with Gasteiger partial charge >= 0.3 is 5.97 Å². The number of allylic oxidation sites excluding steroid dienone is 5. The maximum atomic E-state index is 13.1. The smallest absolute Gasteiger partial charge is 0.306 e. The van der Waals surface area contributed by atoms with E-state index in [9.17, 15) is 19.8 Å². The van der Waals surface area contributed by atoms with Crippen molar-refractivity contribution in [1.82, 2.24) is 5.32 Å². The Hall–Kier alpha value is -1.92. The maximum Gasteiger partial charge on any atom is 0.306 e. The Morgan fingerprint density at radius 2 is 0.947 bits per heavy atom. The van der Waals surface area contributed by atoms with Crippen LogP contribution in [0.15, 0.2) is 36.5 Å². The molecule has 0 fully saturated rings. The second-order valence-corrected chi connectivity index (χ2v) is 16.9. The Morgan fingerprint density at radius 1 is 0.526 bits per heavy atom.